The van der Waals surface area contributed by atoms with Gasteiger partial charge in [0, 0.05) is 38.7 Å². The van der Waals surface area contributed by atoms with Crippen LogP contribution in [-0.4, -0.2) is 72.2 Å². The second kappa shape index (κ2) is 11.8. The molecule has 0 aliphatic heterocycles. The molecule has 6 nitrogen and oxygen atoms in total. The lowest BCUT2D eigenvalue weighted by atomic mass is 9.64. The van der Waals surface area contributed by atoms with E-state index in [2.05, 4.69) is 41.5 Å². The van der Waals surface area contributed by atoms with Crippen LogP contribution in [0.4, 0.5) is 0 Å². The van der Waals surface area contributed by atoms with Crippen LogP contribution in [0.15, 0.2) is 24.3 Å². The fourth-order valence-corrected chi connectivity index (χ4v) is 4.58. The van der Waals surface area contributed by atoms with Crippen molar-refractivity contribution in [2.75, 3.05) is 40.4 Å². The van der Waals surface area contributed by atoms with Gasteiger partial charge >= 0.3 is 0 Å². The van der Waals surface area contributed by atoms with E-state index in [1.807, 2.05) is 38.4 Å². The number of carbonyl (C=O) groups is 2. The largest absolute Gasteiger partial charge is 0.395 e. The summed E-state index contributed by atoms with van der Waals surface area (Å²) in [6.07, 6.45) is 1.70. The highest BCUT2D eigenvalue weighted by Gasteiger charge is 2.40. The minimum Gasteiger partial charge on any atom is -0.395 e. The standard InChI is InChI=1S/C26H44N2O4/c1-9-21(26(5,6)18-22(25(2,3)4)24(32)27(7)8)19-10-12-20(13-11-19)23(31)28(14-16-29)15-17-30/h10-13,21-22,29-30H,9,14-18H2,1-8H3. The summed E-state index contributed by atoms with van der Waals surface area (Å²) in [5.41, 5.74) is 1.42. The molecule has 6 heteroatoms. The Hall–Kier alpha value is -1.92. The van der Waals surface area contributed by atoms with Crippen LogP contribution in [0.1, 0.15) is 76.2 Å². The van der Waals surface area contributed by atoms with Gasteiger partial charge in [0.05, 0.1) is 13.2 Å². The fraction of sp³-hybridized carbons (Fsp3) is 0.692. The zero-order chi connectivity index (χ0) is 24.7. The molecule has 1 rings (SSSR count). The van der Waals surface area contributed by atoms with Crippen LogP contribution in [-0.2, 0) is 4.79 Å². The maximum absolute atomic E-state index is 13.0. The van der Waals surface area contributed by atoms with Crippen LogP contribution in [0.25, 0.3) is 0 Å². The Morgan fingerprint density at radius 3 is 1.81 bits per heavy atom. The molecule has 0 spiro atoms. The van der Waals surface area contributed by atoms with Crippen molar-refractivity contribution in [3.8, 4) is 0 Å². The predicted molar refractivity (Wildman–Crippen MR) is 130 cm³/mol. The van der Waals surface area contributed by atoms with E-state index >= 15 is 0 Å². The van der Waals surface area contributed by atoms with Crippen LogP contribution in [0.2, 0.25) is 0 Å². The highest BCUT2D eigenvalue weighted by molar-refractivity contribution is 5.94. The van der Waals surface area contributed by atoms with E-state index < -0.39 is 0 Å². The number of carbonyl (C=O) groups excluding carboxylic acids is 2. The van der Waals surface area contributed by atoms with Crippen molar-refractivity contribution < 1.29 is 19.8 Å². The van der Waals surface area contributed by atoms with Gasteiger partial charge in [-0.3, -0.25) is 9.59 Å². The maximum atomic E-state index is 13.0. The van der Waals surface area contributed by atoms with Crippen molar-refractivity contribution in [3.05, 3.63) is 35.4 Å². The third kappa shape index (κ3) is 7.31. The number of amides is 2. The highest BCUT2D eigenvalue weighted by atomic mass is 16.3. The Balaban J connectivity index is 3.16. The zero-order valence-electron chi connectivity index (χ0n) is 21.3. The Kier molecular flexibility index (Phi) is 10.4. The second-order valence-corrected chi connectivity index (χ2v) is 10.7. The fourth-order valence-electron chi connectivity index (χ4n) is 4.58. The Morgan fingerprint density at radius 2 is 1.44 bits per heavy atom. The summed E-state index contributed by atoms with van der Waals surface area (Å²) < 4.78 is 0. The summed E-state index contributed by atoms with van der Waals surface area (Å²) in [4.78, 5) is 28.8. The molecule has 0 saturated carbocycles. The van der Waals surface area contributed by atoms with Gasteiger partial charge in [-0.2, -0.15) is 0 Å². The lowest BCUT2D eigenvalue weighted by molar-refractivity contribution is -0.138. The van der Waals surface area contributed by atoms with Gasteiger partial charge in [-0.25, -0.2) is 0 Å². The van der Waals surface area contributed by atoms with E-state index in [9.17, 15) is 19.8 Å². The molecule has 2 amide bonds. The molecule has 0 fully saturated rings. The Labute approximate surface area is 194 Å². The second-order valence-electron chi connectivity index (χ2n) is 10.7. The number of nitrogens with zero attached hydrogens (tertiary/aromatic N) is 2. The average molecular weight is 449 g/mol. The third-order valence-corrected chi connectivity index (χ3v) is 6.45. The normalized spacial score (nSPS) is 14.1. The topological polar surface area (TPSA) is 81.1 Å². The number of rotatable bonds is 11. The lowest BCUT2D eigenvalue weighted by Crippen LogP contribution is -2.41. The molecule has 2 atom stereocenters. The summed E-state index contributed by atoms with van der Waals surface area (Å²) in [5, 5.41) is 18.4. The lowest BCUT2D eigenvalue weighted by Gasteiger charge is -2.41. The minimum atomic E-state index is -0.198. The Morgan fingerprint density at radius 1 is 0.938 bits per heavy atom. The first-order chi connectivity index (χ1) is 14.8. The van der Waals surface area contributed by atoms with Crippen LogP contribution in [0.3, 0.4) is 0 Å². The van der Waals surface area contributed by atoms with Gasteiger partial charge in [0.15, 0.2) is 0 Å². The first kappa shape index (κ1) is 28.1. The first-order valence-corrected chi connectivity index (χ1v) is 11.6. The number of aliphatic hydroxyl groups excluding tert-OH is 2. The molecule has 0 heterocycles. The van der Waals surface area contributed by atoms with Crippen molar-refractivity contribution in [2.45, 2.75) is 60.3 Å². The van der Waals surface area contributed by atoms with E-state index in [-0.39, 0.29) is 60.8 Å². The summed E-state index contributed by atoms with van der Waals surface area (Å²) >= 11 is 0. The number of aliphatic hydroxyl groups is 2. The molecule has 1 aromatic carbocycles. The smallest absolute Gasteiger partial charge is 0.254 e. The van der Waals surface area contributed by atoms with E-state index in [1.165, 1.54) is 4.90 Å². The molecule has 32 heavy (non-hydrogen) atoms. The third-order valence-electron chi connectivity index (χ3n) is 6.45. The molecule has 1 aromatic rings. The van der Waals surface area contributed by atoms with Crippen molar-refractivity contribution >= 4 is 11.8 Å². The highest BCUT2D eigenvalue weighted by Crippen LogP contribution is 2.46. The van der Waals surface area contributed by atoms with Crippen molar-refractivity contribution in [1.29, 1.82) is 0 Å². The van der Waals surface area contributed by atoms with Crippen LogP contribution < -0.4 is 0 Å². The number of hydrogen-bond donors (Lipinski definition) is 2. The van der Waals surface area contributed by atoms with E-state index in [0.717, 1.165) is 18.4 Å². The molecular weight excluding hydrogens is 404 g/mol. The van der Waals surface area contributed by atoms with Crippen molar-refractivity contribution in [3.63, 3.8) is 0 Å². The summed E-state index contributed by atoms with van der Waals surface area (Å²) in [7, 11) is 3.63. The van der Waals surface area contributed by atoms with E-state index in [4.69, 9.17) is 0 Å². The zero-order valence-corrected chi connectivity index (χ0v) is 21.3. The van der Waals surface area contributed by atoms with Gasteiger partial charge in [0.1, 0.15) is 0 Å². The van der Waals surface area contributed by atoms with Gasteiger partial charge in [-0.15, -0.1) is 0 Å². The summed E-state index contributed by atoms with van der Waals surface area (Å²) in [6, 6.07) is 7.65. The molecular formula is C26H44N2O4. The van der Waals surface area contributed by atoms with Gasteiger partial charge in [0.25, 0.3) is 5.91 Å². The summed E-state index contributed by atoms with van der Waals surface area (Å²) in [5.74, 6) is 0.107. The molecule has 0 bridgehead atoms. The molecule has 0 aliphatic rings. The average Bonchev–Trinajstić information content (AvgIpc) is 2.71. The van der Waals surface area contributed by atoms with Gasteiger partial charge in [-0.1, -0.05) is 53.7 Å². The monoisotopic (exact) mass is 448 g/mol. The van der Waals surface area contributed by atoms with Gasteiger partial charge < -0.3 is 20.0 Å². The van der Waals surface area contributed by atoms with E-state index in [1.54, 1.807) is 4.90 Å². The molecule has 2 unspecified atom stereocenters. The molecule has 0 radical (unpaired) electrons. The van der Waals surface area contributed by atoms with Crippen LogP contribution in [0, 0.1) is 16.7 Å². The van der Waals surface area contributed by atoms with Crippen molar-refractivity contribution in [1.82, 2.24) is 9.80 Å². The SMILES string of the molecule is CCC(c1ccc(C(=O)N(CCO)CCO)cc1)C(C)(C)CC(C(=O)N(C)C)C(C)(C)C. The molecule has 182 valence electrons. The van der Waals surface area contributed by atoms with Crippen molar-refractivity contribution in [2.24, 2.45) is 16.7 Å². The quantitative estimate of drug-likeness (QED) is 0.540. The number of hydrogen-bond acceptors (Lipinski definition) is 4. The number of benzene rings is 1. The van der Waals surface area contributed by atoms with Gasteiger partial charge in [0.2, 0.25) is 5.91 Å². The van der Waals surface area contributed by atoms with Crippen LogP contribution in [0.5, 0.6) is 0 Å². The predicted octanol–water partition coefficient (Wildman–Crippen LogP) is 3.77. The summed E-state index contributed by atoms with van der Waals surface area (Å²) in [6.45, 7) is 13.1. The molecule has 0 aliphatic carbocycles. The van der Waals surface area contributed by atoms with E-state index in [0.29, 0.717) is 5.56 Å². The minimum absolute atomic E-state index is 0.0899. The molecule has 0 saturated heterocycles. The van der Waals surface area contributed by atoms with Crippen LogP contribution >= 0.6 is 0 Å². The first-order valence-electron chi connectivity index (χ1n) is 11.6. The maximum Gasteiger partial charge on any atom is 0.254 e. The Bertz CT molecular complexity index is 729. The molecule has 0 aromatic heterocycles. The van der Waals surface area contributed by atoms with Gasteiger partial charge in [-0.05, 0) is 47.3 Å². The molecule has 2 N–H and O–H groups in total.